The fourth-order valence-corrected chi connectivity index (χ4v) is 6.82. The number of esters is 1. The third-order valence-corrected chi connectivity index (χ3v) is 9.58. The van der Waals surface area contributed by atoms with Crippen LogP contribution in [0.2, 0.25) is 0 Å². The summed E-state index contributed by atoms with van der Waals surface area (Å²) < 4.78 is 50.7. The molecule has 4 aromatic carbocycles. The van der Waals surface area contributed by atoms with Gasteiger partial charge in [0.1, 0.15) is 12.4 Å². The molecule has 3 aliphatic rings. The van der Waals surface area contributed by atoms with E-state index in [4.69, 9.17) is 42.6 Å². The van der Waals surface area contributed by atoms with Gasteiger partial charge in [0, 0.05) is 29.5 Å². The quantitative estimate of drug-likeness (QED) is 0.0627. The highest BCUT2D eigenvalue weighted by Crippen LogP contribution is 2.48. The molecule has 0 saturated heterocycles. The third-order valence-electron chi connectivity index (χ3n) is 9.58. The maximum Gasteiger partial charge on any atom is 0.342 e. The molecule has 0 spiro atoms. The molecule has 0 bridgehead atoms. The molecule has 15 heteroatoms. The number of methoxy groups -OCH3 is 3. The minimum absolute atomic E-state index is 0.0197. The van der Waals surface area contributed by atoms with Crippen LogP contribution in [0.1, 0.15) is 54.2 Å². The topological polar surface area (TPSA) is 184 Å². The average molecular weight is 782 g/mol. The number of carbonyl (C=O) groups is 4. The number of imide groups is 1. The Labute approximate surface area is 326 Å². The van der Waals surface area contributed by atoms with E-state index in [1.165, 1.54) is 33.5 Å². The van der Waals surface area contributed by atoms with Gasteiger partial charge in [-0.05, 0) is 65.7 Å². The van der Waals surface area contributed by atoms with Crippen LogP contribution in [0.3, 0.4) is 0 Å². The smallest absolute Gasteiger partial charge is 0.342 e. The van der Waals surface area contributed by atoms with E-state index in [0.29, 0.717) is 51.2 Å². The van der Waals surface area contributed by atoms with E-state index < -0.39 is 23.6 Å². The Morgan fingerprint density at radius 3 is 2.28 bits per heavy atom. The summed E-state index contributed by atoms with van der Waals surface area (Å²) >= 11 is 0. The fraction of sp³-hybridized carbons (Fsp3) is 0.286. The lowest BCUT2D eigenvalue weighted by molar-refractivity contribution is -0.185. The molecule has 0 aromatic heterocycles. The molecule has 7 rings (SSSR count). The summed E-state index contributed by atoms with van der Waals surface area (Å²) in [5.74, 6) is -1.71. The first kappa shape index (κ1) is 38.8. The van der Waals surface area contributed by atoms with Crippen molar-refractivity contribution in [2.75, 3.05) is 61.2 Å². The highest BCUT2D eigenvalue weighted by atomic mass is 16.7. The molecule has 4 aromatic rings. The van der Waals surface area contributed by atoms with Crippen LogP contribution in [0.15, 0.2) is 78.4 Å². The van der Waals surface area contributed by atoms with Gasteiger partial charge in [-0.1, -0.05) is 18.2 Å². The van der Waals surface area contributed by atoms with Gasteiger partial charge in [0.15, 0.2) is 28.8 Å². The summed E-state index contributed by atoms with van der Waals surface area (Å²) in [6.07, 6.45) is 0.0506. The van der Waals surface area contributed by atoms with Crippen molar-refractivity contribution in [2.45, 2.75) is 18.6 Å². The number of nitrogens with one attached hydrogen (secondary N) is 1. The molecule has 2 amide bonds. The van der Waals surface area contributed by atoms with Gasteiger partial charge in [0.2, 0.25) is 12.5 Å². The van der Waals surface area contributed by atoms with Crippen molar-refractivity contribution in [1.82, 2.24) is 5.32 Å². The van der Waals surface area contributed by atoms with Gasteiger partial charge in [-0.3, -0.25) is 19.7 Å². The van der Waals surface area contributed by atoms with Crippen LogP contribution in [-0.2, 0) is 31.2 Å². The SMILES string of the molecule is COc1ccc(C2(O)OC(=O)C(c3ccc4c(c3)OCO4)=C2Cc2cc(OC)c(OC)c(OCCOCCOCCC(=O)c3cccc4c3C(=O)NC4=O)c2)cc1. The van der Waals surface area contributed by atoms with E-state index in [1.54, 1.807) is 60.7 Å². The molecular weight excluding hydrogens is 742 g/mol. The summed E-state index contributed by atoms with van der Waals surface area (Å²) in [7, 11) is 4.49. The lowest BCUT2D eigenvalue weighted by atomic mass is 9.88. The van der Waals surface area contributed by atoms with Crippen molar-refractivity contribution >= 4 is 29.1 Å². The molecule has 0 radical (unpaired) electrons. The van der Waals surface area contributed by atoms with E-state index in [-0.39, 0.29) is 86.3 Å². The number of rotatable bonds is 18. The lowest BCUT2D eigenvalue weighted by Gasteiger charge is -2.26. The van der Waals surface area contributed by atoms with E-state index in [2.05, 4.69) is 5.32 Å². The molecule has 0 aliphatic carbocycles. The van der Waals surface area contributed by atoms with E-state index in [9.17, 15) is 24.3 Å². The lowest BCUT2D eigenvalue weighted by Crippen LogP contribution is -2.29. The Morgan fingerprint density at radius 1 is 0.789 bits per heavy atom. The number of cyclic esters (lactones) is 1. The van der Waals surface area contributed by atoms with Gasteiger partial charge in [0.05, 0.1) is 64.5 Å². The number of aliphatic hydroxyl groups is 1. The van der Waals surface area contributed by atoms with E-state index in [1.807, 2.05) is 0 Å². The van der Waals surface area contributed by atoms with Gasteiger partial charge in [-0.15, -0.1) is 0 Å². The Bertz CT molecular complexity index is 2250. The number of ketones is 1. The summed E-state index contributed by atoms with van der Waals surface area (Å²) in [6, 6.07) is 19.7. The zero-order valence-corrected chi connectivity index (χ0v) is 31.3. The van der Waals surface area contributed by atoms with Crippen LogP contribution in [0.4, 0.5) is 0 Å². The van der Waals surface area contributed by atoms with Crippen molar-refractivity contribution < 1.29 is 66.9 Å². The molecule has 15 nitrogen and oxygen atoms in total. The van der Waals surface area contributed by atoms with Gasteiger partial charge in [0.25, 0.3) is 17.6 Å². The van der Waals surface area contributed by atoms with Crippen LogP contribution in [0.25, 0.3) is 5.57 Å². The van der Waals surface area contributed by atoms with Crippen LogP contribution in [-0.4, -0.2) is 89.8 Å². The molecule has 1 unspecified atom stereocenters. The molecule has 3 aliphatic heterocycles. The van der Waals surface area contributed by atoms with Crippen LogP contribution < -0.4 is 33.7 Å². The molecule has 0 fully saturated rings. The summed E-state index contributed by atoms with van der Waals surface area (Å²) in [5.41, 5.74) is 2.30. The number of amides is 2. The zero-order valence-electron chi connectivity index (χ0n) is 31.3. The van der Waals surface area contributed by atoms with Crippen molar-refractivity contribution in [3.8, 4) is 34.5 Å². The zero-order chi connectivity index (χ0) is 40.1. The average Bonchev–Trinajstić information content (AvgIpc) is 3.89. The van der Waals surface area contributed by atoms with Crippen molar-refractivity contribution in [3.05, 3.63) is 112 Å². The fourth-order valence-electron chi connectivity index (χ4n) is 6.82. The number of carbonyl (C=O) groups excluding carboxylic acids is 4. The summed E-state index contributed by atoms with van der Waals surface area (Å²) in [5, 5.41) is 14.4. The second-order valence-electron chi connectivity index (χ2n) is 12.9. The van der Waals surface area contributed by atoms with Gasteiger partial charge < -0.3 is 47.7 Å². The van der Waals surface area contributed by atoms with Crippen molar-refractivity contribution in [2.24, 2.45) is 0 Å². The summed E-state index contributed by atoms with van der Waals surface area (Å²) in [6.45, 7) is 0.847. The normalized spacial score (nSPS) is 16.7. The second kappa shape index (κ2) is 16.8. The minimum atomic E-state index is -2.13. The standard InChI is InChI=1S/C42H39NO14/c1-49-27-10-8-26(9-11-27)42(48)30(36(41(47)57-42)25-7-12-32-33(22-25)56-23-55-32)19-24-20-34(50-2)38(51-3)35(21-24)54-18-17-53-16-15-52-14-13-31(44)28-5-4-6-29-37(28)40(46)43-39(29)45/h4-12,20-22,48H,13-19,23H2,1-3H3,(H,43,45,46). The molecule has 296 valence electrons. The first-order valence-electron chi connectivity index (χ1n) is 17.9. The van der Waals surface area contributed by atoms with Crippen molar-refractivity contribution in [1.29, 1.82) is 0 Å². The molecule has 0 saturated carbocycles. The number of hydrogen-bond donors (Lipinski definition) is 2. The predicted octanol–water partition coefficient (Wildman–Crippen LogP) is 4.41. The number of hydrogen-bond acceptors (Lipinski definition) is 14. The second-order valence-corrected chi connectivity index (χ2v) is 12.9. The molecule has 57 heavy (non-hydrogen) atoms. The molecular formula is C42H39NO14. The molecule has 3 heterocycles. The predicted molar refractivity (Wildman–Crippen MR) is 200 cm³/mol. The maximum atomic E-state index is 13.6. The first-order valence-corrected chi connectivity index (χ1v) is 17.9. The third kappa shape index (κ3) is 7.85. The Kier molecular flexibility index (Phi) is 11.4. The van der Waals surface area contributed by atoms with Gasteiger partial charge in [-0.2, -0.15) is 0 Å². The number of fused-ring (bicyclic) bond motifs is 2. The van der Waals surface area contributed by atoms with Crippen LogP contribution in [0.5, 0.6) is 34.5 Å². The minimum Gasteiger partial charge on any atom is -0.497 e. The number of benzene rings is 4. The highest BCUT2D eigenvalue weighted by molar-refractivity contribution is 6.25. The summed E-state index contributed by atoms with van der Waals surface area (Å²) in [4.78, 5) is 50.4. The molecule has 2 N–H and O–H groups in total. The largest absolute Gasteiger partial charge is 0.497 e. The van der Waals surface area contributed by atoms with Gasteiger partial charge >= 0.3 is 5.97 Å². The van der Waals surface area contributed by atoms with Crippen LogP contribution in [0, 0.1) is 0 Å². The Hall–Kier alpha value is -6.42. The van der Waals surface area contributed by atoms with Crippen molar-refractivity contribution in [3.63, 3.8) is 0 Å². The molecule has 1 atom stereocenters. The van der Waals surface area contributed by atoms with Gasteiger partial charge in [-0.25, -0.2) is 4.79 Å². The van der Waals surface area contributed by atoms with E-state index in [0.717, 1.165) is 0 Å². The number of Topliss-reactive ketones (excluding diaryl/α,β-unsaturated/α-hetero) is 1. The maximum absolute atomic E-state index is 13.6. The monoisotopic (exact) mass is 781 g/mol. The Morgan fingerprint density at radius 2 is 1.53 bits per heavy atom. The van der Waals surface area contributed by atoms with E-state index >= 15 is 0 Å². The number of ether oxygens (including phenoxy) is 9. The Balaban J connectivity index is 1.01. The highest BCUT2D eigenvalue weighted by Gasteiger charge is 2.48. The first-order chi connectivity index (χ1) is 27.6. The van der Waals surface area contributed by atoms with Crippen LogP contribution >= 0.6 is 0 Å².